The van der Waals surface area contributed by atoms with Crippen LogP contribution in [0.3, 0.4) is 0 Å². The fourth-order valence-corrected chi connectivity index (χ4v) is 2.07. The Morgan fingerprint density at radius 1 is 1.13 bits per heavy atom. The number of rotatable bonds is 3. The second kappa shape index (κ2) is 4.35. The van der Waals surface area contributed by atoms with Gasteiger partial charge in [-0.3, -0.25) is 0 Å². The summed E-state index contributed by atoms with van der Waals surface area (Å²) in [5, 5.41) is 0. The Hall–Kier alpha value is -0.830. The maximum atomic E-state index is 11.5. The first kappa shape index (κ1) is 12.2. The van der Waals surface area contributed by atoms with Gasteiger partial charge in [-0.15, -0.1) is 0 Å². The van der Waals surface area contributed by atoms with Crippen molar-refractivity contribution in [1.82, 2.24) is 0 Å². The summed E-state index contributed by atoms with van der Waals surface area (Å²) in [4.78, 5) is 0.613. The molecule has 0 radical (unpaired) electrons. The maximum Gasteiger partial charge on any atom is 0.0696 e. The van der Waals surface area contributed by atoms with Gasteiger partial charge in [0.1, 0.15) is 0 Å². The summed E-state index contributed by atoms with van der Waals surface area (Å²) >= 11 is 0. The van der Waals surface area contributed by atoms with Crippen LogP contribution >= 0.6 is 0 Å². The first-order chi connectivity index (χ1) is 6.82. The van der Waals surface area contributed by atoms with Crippen LogP contribution in [0, 0.1) is 10.7 Å². The summed E-state index contributed by atoms with van der Waals surface area (Å²) < 4.78 is 18.9. The fourth-order valence-electron chi connectivity index (χ4n) is 1.42. The normalized spacial score (nSPS) is 17.4. The van der Waals surface area contributed by atoms with Crippen LogP contribution in [0.5, 0.6) is 0 Å². The van der Waals surface area contributed by atoms with E-state index in [4.69, 9.17) is 4.78 Å². The van der Waals surface area contributed by atoms with Gasteiger partial charge in [0.2, 0.25) is 0 Å². The van der Waals surface area contributed by atoms with Gasteiger partial charge in [-0.25, -0.2) is 8.99 Å². The minimum Gasteiger partial charge on any atom is -0.249 e. The minimum absolute atomic E-state index is 0.498. The highest BCUT2D eigenvalue weighted by Gasteiger charge is 2.10. The van der Waals surface area contributed by atoms with Crippen molar-refractivity contribution in [3.05, 3.63) is 29.8 Å². The van der Waals surface area contributed by atoms with Gasteiger partial charge < -0.3 is 0 Å². The van der Waals surface area contributed by atoms with Crippen LogP contribution in [0.1, 0.15) is 32.3 Å². The first-order valence-electron chi connectivity index (χ1n) is 5.16. The summed E-state index contributed by atoms with van der Waals surface area (Å²) in [5.41, 5.74) is 1.25. The lowest BCUT2D eigenvalue weighted by molar-refractivity contribution is 0.535. The number of nitrogens with one attached hydrogen (secondary N) is 1. The molecule has 0 aliphatic rings. The van der Waals surface area contributed by atoms with E-state index in [2.05, 4.69) is 20.8 Å². The predicted molar refractivity (Wildman–Crippen MR) is 64.7 cm³/mol. The van der Waals surface area contributed by atoms with Gasteiger partial charge in [0.25, 0.3) is 0 Å². The van der Waals surface area contributed by atoms with Crippen molar-refractivity contribution >= 4 is 9.73 Å². The molecule has 2 nitrogen and oxygen atoms in total. The third kappa shape index (κ3) is 3.06. The van der Waals surface area contributed by atoms with E-state index >= 15 is 0 Å². The van der Waals surface area contributed by atoms with Crippen LogP contribution in [0.4, 0.5) is 0 Å². The SMILES string of the molecule is CC(C)C(C)c1ccc(S(C)(=N)=O)cc1. The highest BCUT2D eigenvalue weighted by atomic mass is 32.2. The quantitative estimate of drug-likeness (QED) is 0.840. The van der Waals surface area contributed by atoms with Crippen molar-refractivity contribution in [2.75, 3.05) is 6.26 Å². The molecule has 1 aromatic carbocycles. The number of benzene rings is 1. The molecular weight excluding hydrogens is 206 g/mol. The molecular formula is C12H19NOS. The van der Waals surface area contributed by atoms with Crippen LogP contribution in [0.25, 0.3) is 0 Å². The lowest BCUT2D eigenvalue weighted by Gasteiger charge is -2.16. The Morgan fingerprint density at radius 3 is 1.93 bits per heavy atom. The average Bonchev–Trinajstić information content (AvgIpc) is 2.15. The summed E-state index contributed by atoms with van der Waals surface area (Å²) in [6.45, 7) is 6.56. The summed E-state index contributed by atoms with van der Waals surface area (Å²) in [7, 11) is -2.57. The van der Waals surface area contributed by atoms with Crippen molar-refractivity contribution in [2.45, 2.75) is 31.6 Å². The smallest absolute Gasteiger partial charge is 0.0696 e. The van der Waals surface area contributed by atoms with Crippen LogP contribution < -0.4 is 0 Å². The van der Waals surface area contributed by atoms with Crippen molar-refractivity contribution in [1.29, 1.82) is 4.78 Å². The highest BCUT2D eigenvalue weighted by Crippen LogP contribution is 2.24. The van der Waals surface area contributed by atoms with Crippen LogP contribution in [0.2, 0.25) is 0 Å². The van der Waals surface area contributed by atoms with Crippen molar-refractivity contribution in [2.24, 2.45) is 5.92 Å². The monoisotopic (exact) mass is 225 g/mol. The van der Waals surface area contributed by atoms with E-state index in [0.29, 0.717) is 16.7 Å². The van der Waals surface area contributed by atoms with Crippen LogP contribution in [-0.4, -0.2) is 10.5 Å². The van der Waals surface area contributed by atoms with Gasteiger partial charge in [0, 0.05) is 11.2 Å². The highest BCUT2D eigenvalue weighted by molar-refractivity contribution is 7.91. The van der Waals surface area contributed by atoms with E-state index in [1.807, 2.05) is 24.3 Å². The zero-order valence-electron chi connectivity index (χ0n) is 9.78. The van der Waals surface area contributed by atoms with Gasteiger partial charge in [0.05, 0.1) is 9.73 Å². The molecule has 2 unspecified atom stereocenters. The molecule has 0 bridgehead atoms. The lowest BCUT2D eigenvalue weighted by Crippen LogP contribution is -2.02. The fraction of sp³-hybridized carbons (Fsp3) is 0.500. The number of hydrogen-bond acceptors (Lipinski definition) is 2. The molecule has 84 valence electrons. The van der Waals surface area contributed by atoms with Crippen molar-refractivity contribution < 1.29 is 4.21 Å². The molecule has 0 saturated heterocycles. The molecule has 3 heteroatoms. The lowest BCUT2D eigenvalue weighted by atomic mass is 9.90. The van der Waals surface area contributed by atoms with Crippen molar-refractivity contribution in [3.63, 3.8) is 0 Å². The van der Waals surface area contributed by atoms with E-state index in [-0.39, 0.29) is 0 Å². The standard InChI is InChI=1S/C12H19NOS/c1-9(2)10(3)11-5-7-12(8-6-11)15(4,13)14/h5-10,13H,1-4H3. The second-order valence-electron chi connectivity index (χ2n) is 4.45. The summed E-state index contributed by atoms with van der Waals surface area (Å²) in [6.07, 6.45) is 1.45. The van der Waals surface area contributed by atoms with Crippen molar-refractivity contribution in [3.8, 4) is 0 Å². The predicted octanol–water partition coefficient (Wildman–Crippen LogP) is 3.48. The van der Waals surface area contributed by atoms with E-state index < -0.39 is 9.73 Å². The molecule has 0 aliphatic carbocycles. The summed E-state index contributed by atoms with van der Waals surface area (Å²) in [5.74, 6) is 1.09. The van der Waals surface area contributed by atoms with E-state index in [0.717, 1.165) is 0 Å². The molecule has 0 fully saturated rings. The van der Waals surface area contributed by atoms with E-state index in [1.54, 1.807) is 0 Å². The zero-order valence-corrected chi connectivity index (χ0v) is 10.6. The molecule has 0 aliphatic heterocycles. The van der Waals surface area contributed by atoms with E-state index in [1.165, 1.54) is 11.8 Å². The third-order valence-corrected chi connectivity index (χ3v) is 4.03. The Morgan fingerprint density at radius 2 is 1.60 bits per heavy atom. The van der Waals surface area contributed by atoms with Crippen LogP contribution in [-0.2, 0) is 9.73 Å². The Balaban J connectivity index is 3.01. The summed E-state index contributed by atoms with van der Waals surface area (Å²) in [6, 6.07) is 7.59. The van der Waals surface area contributed by atoms with Gasteiger partial charge in [-0.05, 0) is 29.5 Å². The molecule has 0 saturated carbocycles. The molecule has 0 amide bonds. The van der Waals surface area contributed by atoms with Gasteiger partial charge in [-0.1, -0.05) is 32.9 Å². The molecule has 1 rings (SSSR count). The second-order valence-corrected chi connectivity index (χ2v) is 6.60. The molecule has 0 aromatic heterocycles. The minimum atomic E-state index is -2.57. The molecule has 0 heterocycles. The molecule has 0 spiro atoms. The molecule has 2 atom stereocenters. The Kier molecular flexibility index (Phi) is 3.55. The first-order valence-corrected chi connectivity index (χ1v) is 7.12. The average molecular weight is 225 g/mol. The largest absolute Gasteiger partial charge is 0.249 e. The van der Waals surface area contributed by atoms with Crippen LogP contribution in [0.15, 0.2) is 29.2 Å². The Bertz CT molecular complexity index is 417. The van der Waals surface area contributed by atoms with Gasteiger partial charge >= 0.3 is 0 Å². The zero-order chi connectivity index (χ0) is 11.6. The third-order valence-electron chi connectivity index (χ3n) is 2.86. The Labute approximate surface area is 92.7 Å². The molecule has 1 N–H and O–H groups in total. The molecule has 1 aromatic rings. The van der Waals surface area contributed by atoms with E-state index in [9.17, 15) is 4.21 Å². The molecule has 15 heavy (non-hydrogen) atoms. The maximum absolute atomic E-state index is 11.5. The van der Waals surface area contributed by atoms with Gasteiger partial charge in [0.15, 0.2) is 0 Å². The number of hydrogen-bond donors (Lipinski definition) is 1. The van der Waals surface area contributed by atoms with Gasteiger partial charge in [-0.2, -0.15) is 0 Å². The topological polar surface area (TPSA) is 40.9 Å².